The van der Waals surface area contributed by atoms with Crippen LogP contribution >= 0.6 is 0 Å². The first-order valence-electron chi connectivity index (χ1n) is 8.22. The number of carbonyl (C=O) groups excluding carboxylic acids is 1. The molecule has 0 fully saturated rings. The second-order valence-corrected chi connectivity index (χ2v) is 5.63. The average Bonchev–Trinajstić information content (AvgIpc) is 2.59. The zero-order valence-electron chi connectivity index (χ0n) is 14.0. The molecule has 0 atom stereocenters. The lowest BCUT2D eigenvalue weighted by Crippen LogP contribution is -2.28. The highest BCUT2D eigenvalue weighted by Crippen LogP contribution is 2.15. The molecule has 2 aromatic rings. The summed E-state index contributed by atoms with van der Waals surface area (Å²) in [6.45, 7) is 5.17. The number of hydrogen-bond acceptors (Lipinski definition) is 2. The summed E-state index contributed by atoms with van der Waals surface area (Å²) in [5, 5.41) is 2.90. The van der Waals surface area contributed by atoms with E-state index < -0.39 is 0 Å². The maximum Gasteiger partial charge on any atom is 0.220 e. The lowest BCUT2D eigenvalue weighted by Gasteiger charge is -2.09. The molecule has 0 aromatic heterocycles. The fourth-order valence-electron chi connectivity index (χ4n) is 2.36. The molecule has 0 heterocycles. The quantitative estimate of drug-likeness (QED) is 0.755. The van der Waals surface area contributed by atoms with Crippen molar-refractivity contribution in [3.8, 4) is 5.75 Å². The summed E-state index contributed by atoms with van der Waals surface area (Å²) < 4.78 is 5.66. The molecule has 0 unspecified atom stereocenters. The van der Waals surface area contributed by atoms with Gasteiger partial charge in [-0.3, -0.25) is 4.79 Å². The number of rotatable bonds is 8. The largest absolute Gasteiger partial charge is 0.491 e. The van der Waals surface area contributed by atoms with Crippen LogP contribution in [-0.4, -0.2) is 19.1 Å². The minimum absolute atomic E-state index is 0.0675. The fraction of sp³-hybridized carbons (Fsp3) is 0.350. The van der Waals surface area contributed by atoms with E-state index in [0.29, 0.717) is 19.6 Å². The third-order valence-electron chi connectivity index (χ3n) is 3.85. The molecule has 3 heteroatoms. The summed E-state index contributed by atoms with van der Waals surface area (Å²) in [6.07, 6.45) is 2.33. The Kier molecular flexibility index (Phi) is 6.67. The maximum absolute atomic E-state index is 11.9. The molecule has 0 saturated carbocycles. The molecule has 0 saturated heterocycles. The molecule has 2 rings (SSSR count). The van der Waals surface area contributed by atoms with E-state index in [1.54, 1.807) is 0 Å². The van der Waals surface area contributed by atoms with Crippen molar-refractivity contribution in [1.29, 1.82) is 0 Å². The zero-order valence-corrected chi connectivity index (χ0v) is 14.0. The van der Waals surface area contributed by atoms with Crippen molar-refractivity contribution in [3.63, 3.8) is 0 Å². The third-order valence-corrected chi connectivity index (χ3v) is 3.85. The predicted molar refractivity (Wildman–Crippen MR) is 93.8 cm³/mol. The van der Waals surface area contributed by atoms with Gasteiger partial charge in [0.05, 0.1) is 6.54 Å². The molecule has 0 bridgehead atoms. The smallest absolute Gasteiger partial charge is 0.220 e. The predicted octanol–water partition coefficient (Wildman–Crippen LogP) is 3.69. The number of benzene rings is 2. The first kappa shape index (κ1) is 17.1. The molecule has 0 aliphatic carbocycles. The van der Waals surface area contributed by atoms with Gasteiger partial charge in [-0.2, -0.15) is 0 Å². The van der Waals surface area contributed by atoms with E-state index in [4.69, 9.17) is 4.74 Å². The lowest BCUT2D eigenvalue weighted by molar-refractivity contribution is -0.121. The molecule has 122 valence electrons. The molecule has 2 aromatic carbocycles. The number of hydrogen-bond donors (Lipinski definition) is 1. The summed E-state index contributed by atoms with van der Waals surface area (Å²) in [5.41, 5.74) is 3.63. The normalized spacial score (nSPS) is 10.3. The van der Waals surface area contributed by atoms with E-state index in [9.17, 15) is 4.79 Å². The summed E-state index contributed by atoms with van der Waals surface area (Å²) >= 11 is 0. The van der Waals surface area contributed by atoms with Crippen molar-refractivity contribution < 1.29 is 9.53 Å². The van der Waals surface area contributed by atoms with Crippen LogP contribution in [0.2, 0.25) is 0 Å². The van der Waals surface area contributed by atoms with Crippen LogP contribution in [0, 0.1) is 6.92 Å². The van der Waals surface area contributed by atoms with E-state index in [-0.39, 0.29) is 5.91 Å². The minimum atomic E-state index is 0.0675. The van der Waals surface area contributed by atoms with E-state index >= 15 is 0 Å². The lowest BCUT2D eigenvalue weighted by atomic mass is 10.1. The van der Waals surface area contributed by atoms with Gasteiger partial charge >= 0.3 is 0 Å². The van der Waals surface area contributed by atoms with Crippen LogP contribution in [0.25, 0.3) is 0 Å². The Hall–Kier alpha value is -2.29. The van der Waals surface area contributed by atoms with Gasteiger partial charge in [-0.1, -0.05) is 49.4 Å². The standard InChI is InChI=1S/C20H25NO2/c1-3-17-8-10-18(11-9-17)12-13-20(22)21-14-15-23-19-7-5-4-6-16(19)2/h4-11H,3,12-15H2,1-2H3,(H,21,22). The minimum Gasteiger partial charge on any atom is -0.491 e. The third kappa shape index (κ3) is 5.78. The molecule has 0 aliphatic heterocycles. The highest BCUT2D eigenvalue weighted by molar-refractivity contribution is 5.76. The Morgan fingerprint density at radius 2 is 1.74 bits per heavy atom. The molecular weight excluding hydrogens is 286 g/mol. The van der Waals surface area contributed by atoms with Crippen molar-refractivity contribution in [2.24, 2.45) is 0 Å². The topological polar surface area (TPSA) is 38.3 Å². The highest BCUT2D eigenvalue weighted by atomic mass is 16.5. The van der Waals surface area contributed by atoms with Crippen molar-refractivity contribution in [2.45, 2.75) is 33.1 Å². The van der Waals surface area contributed by atoms with Gasteiger partial charge in [-0.05, 0) is 42.5 Å². The zero-order chi connectivity index (χ0) is 16.5. The van der Waals surface area contributed by atoms with Crippen LogP contribution in [0.1, 0.15) is 30.0 Å². The van der Waals surface area contributed by atoms with Gasteiger partial charge in [0.25, 0.3) is 0 Å². The van der Waals surface area contributed by atoms with E-state index in [0.717, 1.165) is 24.2 Å². The van der Waals surface area contributed by atoms with Gasteiger partial charge in [0, 0.05) is 6.42 Å². The first-order chi connectivity index (χ1) is 11.2. The summed E-state index contributed by atoms with van der Waals surface area (Å²) in [4.78, 5) is 11.9. The number of ether oxygens (including phenoxy) is 1. The molecular formula is C20H25NO2. The van der Waals surface area contributed by atoms with Crippen molar-refractivity contribution in [2.75, 3.05) is 13.2 Å². The Bertz CT molecular complexity index is 620. The molecule has 0 radical (unpaired) electrons. The van der Waals surface area contributed by atoms with Crippen LogP contribution < -0.4 is 10.1 Å². The monoisotopic (exact) mass is 311 g/mol. The van der Waals surface area contributed by atoms with Crippen LogP contribution in [0.5, 0.6) is 5.75 Å². The van der Waals surface area contributed by atoms with Crippen molar-refractivity contribution in [1.82, 2.24) is 5.32 Å². The second kappa shape index (κ2) is 8.99. The number of nitrogens with one attached hydrogen (secondary N) is 1. The summed E-state index contributed by atoms with van der Waals surface area (Å²) in [7, 11) is 0. The van der Waals surface area contributed by atoms with Gasteiger partial charge in [0.1, 0.15) is 12.4 Å². The summed E-state index contributed by atoms with van der Waals surface area (Å²) in [5.74, 6) is 0.940. The van der Waals surface area contributed by atoms with Gasteiger partial charge < -0.3 is 10.1 Å². The second-order valence-electron chi connectivity index (χ2n) is 5.63. The number of para-hydroxylation sites is 1. The Morgan fingerprint density at radius 1 is 1.04 bits per heavy atom. The van der Waals surface area contributed by atoms with Gasteiger partial charge in [0.15, 0.2) is 0 Å². The number of amides is 1. The van der Waals surface area contributed by atoms with Crippen molar-refractivity contribution in [3.05, 3.63) is 65.2 Å². The van der Waals surface area contributed by atoms with Gasteiger partial charge in [-0.15, -0.1) is 0 Å². The Labute approximate surface area is 138 Å². The number of carbonyl (C=O) groups is 1. The van der Waals surface area contributed by atoms with Crippen LogP contribution in [0.4, 0.5) is 0 Å². The van der Waals surface area contributed by atoms with Gasteiger partial charge in [-0.25, -0.2) is 0 Å². The summed E-state index contributed by atoms with van der Waals surface area (Å²) in [6, 6.07) is 16.4. The maximum atomic E-state index is 11.9. The van der Waals surface area contributed by atoms with Gasteiger partial charge in [0.2, 0.25) is 5.91 Å². The molecule has 0 spiro atoms. The molecule has 0 aliphatic rings. The van der Waals surface area contributed by atoms with Crippen molar-refractivity contribution >= 4 is 5.91 Å². The molecule has 3 nitrogen and oxygen atoms in total. The number of aryl methyl sites for hydroxylation is 3. The SMILES string of the molecule is CCc1ccc(CCC(=O)NCCOc2ccccc2C)cc1. The molecule has 1 N–H and O–H groups in total. The fourth-order valence-corrected chi connectivity index (χ4v) is 2.36. The van der Waals surface area contributed by atoms with E-state index in [1.807, 2.05) is 31.2 Å². The van der Waals surface area contributed by atoms with Crippen LogP contribution in [0.15, 0.2) is 48.5 Å². The van der Waals surface area contributed by atoms with Crippen LogP contribution in [-0.2, 0) is 17.6 Å². The van der Waals surface area contributed by atoms with Crippen LogP contribution in [0.3, 0.4) is 0 Å². The van der Waals surface area contributed by atoms with E-state index in [1.165, 1.54) is 11.1 Å². The average molecular weight is 311 g/mol. The Morgan fingerprint density at radius 3 is 2.43 bits per heavy atom. The molecule has 1 amide bonds. The Balaban J connectivity index is 1.64. The van der Waals surface area contributed by atoms with E-state index in [2.05, 4.69) is 36.5 Å². The molecule has 23 heavy (non-hydrogen) atoms. The highest BCUT2D eigenvalue weighted by Gasteiger charge is 2.03. The first-order valence-corrected chi connectivity index (χ1v) is 8.22.